The molecule has 2 aromatic carbocycles. The number of hydrogen-bond acceptors (Lipinski definition) is 6. The Morgan fingerprint density at radius 2 is 1.74 bits per heavy atom. The molecule has 2 aliphatic rings. The first kappa shape index (κ1) is 26.6. The monoisotopic (exact) mass is 529 g/mol. The Balaban J connectivity index is 1.18. The minimum atomic E-state index is -0.708. The number of aryl methyl sites for hydroxylation is 1. The lowest BCUT2D eigenvalue weighted by atomic mass is 10.1. The molecule has 1 saturated heterocycles. The summed E-state index contributed by atoms with van der Waals surface area (Å²) in [6, 6.07) is 15.5. The second kappa shape index (κ2) is 11.8. The quantitative estimate of drug-likeness (QED) is 0.388. The van der Waals surface area contributed by atoms with E-state index >= 15 is 0 Å². The Bertz CT molecular complexity index is 1290. The summed E-state index contributed by atoms with van der Waals surface area (Å²) < 4.78 is 1.74. The number of amides is 3. The van der Waals surface area contributed by atoms with Crippen LogP contribution in [0.3, 0.4) is 0 Å². The Morgan fingerprint density at radius 1 is 1.03 bits per heavy atom. The Labute approximate surface area is 228 Å². The number of piperazine rings is 1. The minimum Gasteiger partial charge on any atom is -0.342 e. The van der Waals surface area contributed by atoms with Crippen LogP contribution in [0, 0.1) is 6.92 Å². The van der Waals surface area contributed by atoms with Crippen LogP contribution < -0.4 is 10.6 Å². The molecule has 3 amide bonds. The lowest BCUT2D eigenvalue weighted by molar-refractivity contribution is -0.145. The van der Waals surface area contributed by atoms with E-state index in [1.54, 1.807) is 58.3 Å². The lowest BCUT2D eigenvalue weighted by Gasteiger charge is -2.34. The summed E-state index contributed by atoms with van der Waals surface area (Å²) in [5.74, 6) is -0.101. The van der Waals surface area contributed by atoms with Gasteiger partial charge in [-0.1, -0.05) is 29.8 Å². The fourth-order valence-electron chi connectivity index (χ4n) is 4.98. The van der Waals surface area contributed by atoms with E-state index in [2.05, 4.69) is 52.0 Å². The second-order valence-electron chi connectivity index (χ2n) is 10.5. The van der Waals surface area contributed by atoms with Crippen LogP contribution in [0.5, 0.6) is 0 Å². The zero-order chi connectivity index (χ0) is 27.4. The van der Waals surface area contributed by atoms with Gasteiger partial charge in [0.2, 0.25) is 11.8 Å². The van der Waals surface area contributed by atoms with E-state index in [0.29, 0.717) is 37.0 Å². The zero-order valence-electron chi connectivity index (χ0n) is 22.4. The standard InChI is InChI=1S/C29H35N7O3/c1-20-5-7-21(8-6-20)24-16-26(24)30-13-3-4-25(29(39)35-15-14-34(2)27(37)17-35)33-28(38)22-9-11-23(12-10-22)36-18-31-32-19-36/h5-12,18-19,24-26,30H,3-4,13-17H2,1-2H3,(H,33,38)/t24-,25-,26+/m0/s1. The highest BCUT2D eigenvalue weighted by atomic mass is 16.2. The molecule has 204 valence electrons. The summed E-state index contributed by atoms with van der Waals surface area (Å²) in [6.45, 7) is 3.82. The summed E-state index contributed by atoms with van der Waals surface area (Å²) in [7, 11) is 1.74. The van der Waals surface area contributed by atoms with Crippen molar-refractivity contribution in [3.8, 4) is 5.69 Å². The molecular formula is C29H35N7O3. The van der Waals surface area contributed by atoms with E-state index in [1.165, 1.54) is 11.1 Å². The number of nitrogens with zero attached hydrogens (tertiary/aromatic N) is 5. The van der Waals surface area contributed by atoms with Gasteiger partial charge in [-0.3, -0.25) is 19.0 Å². The van der Waals surface area contributed by atoms with Crippen LogP contribution >= 0.6 is 0 Å². The van der Waals surface area contributed by atoms with Gasteiger partial charge in [-0.15, -0.1) is 10.2 Å². The SMILES string of the molecule is Cc1ccc([C@@H]2C[C@H]2NCCC[C@H](NC(=O)c2ccc(-n3cnnc3)cc2)C(=O)N2CCN(C)C(=O)C2)cc1. The van der Waals surface area contributed by atoms with Gasteiger partial charge in [0.25, 0.3) is 5.91 Å². The largest absolute Gasteiger partial charge is 0.342 e. The fraction of sp³-hybridized carbons (Fsp3) is 0.414. The molecule has 0 spiro atoms. The van der Waals surface area contributed by atoms with Crippen LogP contribution in [0.25, 0.3) is 5.69 Å². The molecule has 0 radical (unpaired) electrons. The number of benzene rings is 2. The van der Waals surface area contributed by atoms with Gasteiger partial charge in [-0.25, -0.2) is 0 Å². The number of likely N-dealkylation sites (N-methyl/N-ethyl adjacent to an activating group) is 1. The van der Waals surface area contributed by atoms with Crippen LogP contribution in [0.4, 0.5) is 0 Å². The number of hydrogen-bond donors (Lipinski definition) is 2. The van der Waals surface area contributed by atoms with Crippen molar-refractivity contribution in [2.24, 2.45) is 0 Å². The molecule has 2 fully saturated rings. The van der Waals surface area contributed by atoms with Crippen LogP contribution in [0.15, 0.2) is 61.2 Å². The van der Waals surface area contributed by atoms with Crippen molar-refractivity contribution in [1.82, 2.24) is 35.2 Å². The average molecular weight is 530 g/mol. The van der Waals surface area contributed by atoms with Gasteiger partial charge in [-0.05, 0) is 62.6 Å². The molecule has 10 heteroatoms. The average Bonchev–Trinajstić information content (AvgIpc) is 3.50. The molecule has 1 aliphatic carbocycles. The topological polar surface area (TPSA) is 112 Å². The van der Waals surface area contributed by atoms with Gasteiger partial charge in [-0.2, -0.15) is 0 Å². The molecule has 3 atom stereocenters. The highest BCUT2D eigenvalue weighted by Crippen LogP contribution is 2.40. The lowest BCUT2D eigenvalue weighted by Crippen LogP contribution is -2.56. The highest BCUT2D eigenvalue weighted by molar-refractivity contribution is 5.98. The second-order valence-corrected chi connectivity index (χ2v) is 10.5. The number of carbonyl (C=O) groups is 3. The van der Waals surface area contributed by atoms with Crippen molar-refractivity contribution < 1.29 is 14.4 Å². The van der Waals surface area contributed by atoms with Gasteiger partial charge in [0.1, 0.15) is 18.7 Å². The molecule has 39 heavy (non-hydrogen) atoms. The molecule has 1 saturated carbocycles. The zero-order valence-corrected chi connectivity index (χ0v) is 22.4. The van der Waals surface area contributed by atoms with Crippen molar-refractivity contribution in [2.45, 2.75) is 44.2 Å². The van der Waals surface area contributed by atoms with Gasteiger partial charge in [0.15, 0.2) is 0 Å². The van der Waals surface area contributed by atoms with Crippen molar-refractivity contribution in [3.05, 3.63) is 77.9 Å². The molecule has 10 nitrogen and oxygen atoms in total. The molecule has 0 unspecified atom stereocenters. The number of carbonyl (C=O) groups excluding carboxylic acids is 3. The number of nitrogens with one attached hydrogen (secondary N) is 2. The predicted octanol–water partition coefficient (Wildman–Crippen LogP) is 1.90. The van der Waals surface area contributed by atoms with Gasteiger partial charge in [0, 0.05) is 43.3 Å². The summed E-state index contributed by atoms with van der Waals surface area (Å²) >= 11 is 0. The molecule has 1 aliphatic heterocycles. The molecule has 2 heterocycles. The van der Waals surface area contributed by atoms with Crippen LogP contribution in [-0.4, -0.2) is 87.6 Å². The Morgan fingerprint density at radius 3 is 2.44 bits per heavy atom. The first-order chi connectivity index (χ1) is 18.9. The van der Waals surface area contributed by atoms with Crippen molar-refractivity contribution >= 4 is 17.7 Å². The number of aromatic nitrogens is 3. The van der Waals surface area contributed by atoms with Gasteiger partial charge >= 0.3 is 0 Å². The normalized spacial score (nSPS) is 19.6. The molecule has 2 N–H and O–H groups in total. The summed E-state index contributed by atoms with van der Waals surface area (Å²) in [5, 5.41) is 14.1. The molecular weight excluding hydrogens is 494 g/mol. The first-order valence-corrected chi connectivity index (χ1v) is 13.5. The molecule has 0 bridgehead atoms. The number of rotatable bonds is 10. The van der Waals surface area contributed by atoms with E-state index in [-0.39, 0.29) is 24.3 Å². The van der Waals surface area contributed by atoms with Crippen LogP contribution in [0.2, 0.25) is 0 Å². The first-order valence-electron chi connectivity index (χ1n) is 13.5. The van der Waals surface area contributed by atoms with Gasteiger partial charge in [0.05, 0.1) is 6.54 Å². The van der Waals surface area contributed by atoms with E-state index in [0.717, 1.165) is 25.1 Å². The van der Waals surface area contributed by atoms with E-state index in [1.807, 2.05) is 0 Å². The van der Waals surface area contributed by atoms with Gasteiger partial charge < -0.3 is 20.4 Å². The summed E-state index contributed by atoms with van der Waals surface area (Å²) in [4.78, 5) is 42.0. The summed E-state index contributed by atoms with van der Waals surface area (Å²) in [5.41, 5.74) is 3.90. The van der Waals surface area contributed by atoms with E-state index < -0.39 is 6.04 Å². The smallest absolute Gasteiger partial charge is 0.251 e. The minimum absolute atomic E-state index is 0.0356. The Kier molecular flexibility index (Phi) is 8.02. The van der Waals surface area contributed by atoms with Crippen molar-refractivity contribution in [2.75, 3.05) is 33.2 Å². The van der Waals surface area contributed by atoms with E-state index in [4.69, 9.17) is 0 Å². The van der Waals surface area contributed by atoms with Crippen LogP contribution in [-0.2, 0) is 9.59 Å². The highest BCUT2D eigenvalue weighted by Gasteiger charge is 2.37. The van der Waals surface area contributed by atoms with E-state index in [9.17, 15) is 14.4 Å². The van der Waals surface area contributed by atoms with Crippen molar-refractivity contribution in [3.63, 3.8) is 0 Å². The third-order valence-corrected chi connectivity index (χ3v) is 7.59. The third-order valence-electron chi connectivity index (χ3n) is 7.59. The maximum atomic E-state index is 13.4. The Hall–Kier alpha value is -4.05. The maximum absolute atomic E-state index is 13.4. The molecule has 3 aromatic rings. The van der Waals surface area contributed by atoms with Crippen molar-refractivity contribution in [1.29, 1.82) is 0 Å². The fourth-order valence-corrected chi connectivity index (χ4v) is 4.98. The maximum Gasteiger partial charge on any atom is 0.251 e. The molecule has 5 rings (SSSR count). The summed E-state index contributed by atoms with van der Waals surface area (Å²) in [6.07, 6.45) is 5.48. The molecule has 1 aromatic heterocycles. The van der Waals surface area contributed by atoms with Crippen LogP contribution in [0.1, 0.15) is 46.7 Å². The predicted molar refractivity (Wildman–Crippen MR) is 146 cm³/mol. The third kappa shape index (κ3) is 6.51.